The van der Waals surface area contributed by atoms with Gasteiger partial charge in [0.25, 0.3) is 5.91 Å². The van der Waals surface area contributed by atoms with Gasteiger partial charge in [-0.15, -0.1) is 0 Å². The number of hydrogen-bond donors (Lipinski definition) is 1. The Morgan fingerprint density at radius 2 is 2.00 bits per heavy atom. The normalized spacial score (nSPS) is 11.5. The topological polar surface area (TPSA) is 64.7 Å². The van der Waals surface area contributed by atoms with Gasteiger partial charge in [0.1, 0.15) is 11.4 Å². The molecule has 0 saturated carbocycles. The zero-order valence-corrected chi connectivity index (χ0v) is 14.5. The monoisotopic (exact) mass is 361 g/mol. The Morgan fingerprint density at radius 1 is 1.28 bits per heavy atom. The molecule has 6 nitrogen and oxygen atoms in total. The molecule has 3 rings (SSSR count). The molecular formula is C17H17ClFN5O. The van der Waals surface area contributed by atoms with Gasteiger partial charge in [0.05, 0.1) is 17.8 Å². The van der Waals surface area contributed by atoms with E-state index in [2.05, 4.69) is 15.5 Å². The number of nitrogens with zero attached hydrogens (tertiary/aromatic N) is 4. The zero-order chi connectivity index (χ0) is 18.0. The predicted octanol–water partition coefficient (Wildman–Crippen LogP) is 3.29. The highest BCUT2D eigenvalue weighted by Crippen LogP contribution is 2.19. The third kappa shape index (κ3) is 3.88. The Labute approximate surface area is 149 Å². The van der Waals surface area contributed by atoms with Crippen LogP contribution in [-0.2, 0) is 16.9 Å². The van der Waals surface area contributed by atoms with Gasteiger partial charge in [-0.1, -0.05) is 23.7 Å². The van der Waals surface area contributed by atoms with Crippen LogP contribution in [0.2, 0.25) is 5.02 Å². The molecule has 130 valence electrons. The van der Waals surface area contributed by atoms with Gasteiger partial charge in [-0.05, 0) is 31.5 Å². The molecule has 1 amide bonds. The second kappa shape index (κ2) is 6.68. The minimum atomic E-state index is -0.923. The van der Waals surface area contributed by atoms with E-state index in [0.717, 1.165) is 5.56 Å². The van der Waals surface area contributed by atoms with Crippen molar-refractivity contribution in [1.29, 1.82) is 0 Å². The summed E-state index contributed by atoms with van der Waals surface area (Å²) in [6, 6.07) is 7.89. The van der Waals surface area contributed by atoms with Crippen LogP contribution in [0, 0.1) is 5.82 Å². The Bertz CT molecular complexity index is 885. The van der Waals surface area contributed by atoms with Gasteiger partial charge in [-0.25, -0.2) is 4.39 Å². The largest absolute Gasteiger partial charge is 0.307 e. The van der Waals surface area contributed by atoms with Gasteiger partial charge in [-0.3, -0.25) is 14.2 Å². The van der Waals surface area contributed by atoms with Crippen LogP contribution in [0.25, 0.3) is 0 Å². The van der Waals surface area contributed by atoms with Crippen LogP contribution < -0.4 is 5.32 Å². The van der Waals surface area contributed by atoms with E-state index in [4.69, 9.17) is 11.6 Å². The summed E-state index contributed by atoms with van der Waals surface area (Å²) < 4.78 is 16.1. The summed E-state index contributed by atoms with van der Waals surface area (Å²) in [6.45, 7) is 3.96. The molecule has 0 aliphatic carbocycles. The molecule has 25 heavy (non-hydrogen) atoms. The number of aromatic nitrogens is 4. The molecule has 0 atom stereocenters. The Morgan fingerprint density at radius 3 is 2.64 bits per heavy atom. The number of benzene rings is 1. The van der Waals surface area contributed by atoms with Gasteiger partial charge in [0.2, 0.25) is 0 Å². The highest BCUT2D eigenvalue weighted by molar-refractivity contribution is 6.30. The third-order valence-electron chi connectivity index (χ3n) is 3.82. The number of halogens is 2. The minimum absolute atomic E-state index is 0.265. The van der Waals surface area contributed by atoms with Crippen LogP contribution in [0.4, 0.5) is 10.2 Å². The summed E-state index contributed by atoms with van der Waals surface area (Å²) in [5.74, 6) is -0.115. The molecule has 1 N–H and O–H groups in total. The number of hydrogen-bond acceptors (Lipinski definition) is 3. The summed E-state index contributed by atoms with van der Waals surface area (Å²) in [4.78, 5) is 12.5. The quantitative estimate of drug-likeness (QED) is 0.758. The molecule has 0 fully saturated rings. The molecule has 0 saturated heterocycles. The molecule has 0 radical (unpaired) electrons. The maximum absolute atomic E-state index is 12.9. The lowest BCUT2D eigenvalue weighted by molar-refractivity contribution is -0.123. The Hall–Kier alpha value is -2.67. The Kier molecular flexibility index (Phi) is 4.59. The fraction of sp³-hybridized carbons (Fsp3) is 0.235. The first-order valence-electron chi connectivity index (χ1n) is 7.64. The molecule has 3 aromatic rings. The SMILES string of the molecule is CC(C)(C(=O)Nc1ccn(Cc2ccc(F)cc2)n1)n1cc(Cl)cn1. The molecule has 2 heterocycles. The first-order chi connectivity index (χ1) is 11.8. The van der Waals surface area contributed by atoms with Crippen molar-refractivity contribution >= 4 is 23.3 Å². The average molecular weight is 362 g/mol. The van der Waals surface area contributed by atoms with Crippen LogP contribution in [0.1, 0.15) is 19.4 Å². The van der Waals surface area contributed by atoms with Crippen LogP contribution in [0.5, 0.6) is 0 Å². The second-order valence-electron chi connectivity index (χ2n) is 6.14. The zero-order valence-electron chi connectivity index (χ0n) is 13.8. The summed E-state index contributed by atoms with van der Waals surface area (Å²) in [7, 11) is 0. The van der Waals surface area contributed by atoms with Crippen LogP contribution in [0.3, 0.4) is 0 Å². The lowest BCUT2D eigenvalue weighted by Gasteiger charge is -2.23. The molecule has 0 spiro atoms. The summed E-state index contributed by atoms with van der Waals surface area (Å²) in [5, 5.41) is 11.6. The van der Waals surface area contributed by atoms with E-state index in [1.165, 1.54) is 23.0 Å². The van der Waals surface area contributed by atoms with Gasteiger partial charge < -0.3 is 5.32 Å². The van der Waals surface area contributed by atoms with E-state index in [1.54, 1.807) is 49.1 Å². The van der Waals surface area contributed by atoms with E-state index in [0.29, 0.717) is 17.4 Å². The van der Waals surface area contributed by atoms with Crippen molar-refractivity contribution in [3.05, 3.63) is 65.3 Å². The average Bonchev–Trinajstić information content (AvgIpc) is 3.19. The predicted molar refractivity (Wildman–Crippen MR) is 92.9 cm³/mol. The molecule has 0 aliphatic heterocycles. The van der Waals surface area contributed by atoms with Crippen LogP contribution in [-0.4, -0.2) is 25.5 Å². The number of anilines is 1. The van der Waals surface area contributed by atoms with Crippen molar-refractivity contribution in [3.63, 3.8) is 0 Å². The van der Waals surface area contributed by atoms with E-state index in [1.807, 2.05) is 0 Å². The van der Waals surface area contributed by atoms with Gasteiger partial charge in [0.15, 0.2) is 5.82 Å². The van der Waals surface area contributed by atoms with Gasteiger partial charge >= 0.3 is 0 Å². The molecule has 0 bridgehead atoms. The van der Waals surface area contributed by atoms with Crippen molar-refractivity contribution in [2.75, 3.05) is 5.32 Å². The maximum Gasteiger partial charge on any atom is 0.252 e. The lowest BCUT2D eigenvalue weighted by Crippen LogP contribution is -2.40. The second-order valence-corrected chi connectivity index (χ2v) is 6.58. The van der Waals surface area contributed by atoms with Gasteiger partial charge in [-0.2, -0.15) is 10.2 Å². The van der Waals surface area contributed by atoms with Crippen molar-refractivity contribution in [3.8, 4) is 0 Å². The first kappa shape index (κ1) is 17.2. The first-order valence-corrected chi connectivity index (χ1v) is 8.02. The standard InChI is InChI=1S/C17H17ClFN5O/c1-17(2,24-11-13(18)9-20-24)16(25)21-15-7-8-23(22-15)10-12-3-5-14(19)6-4-12/h3-9,11H,10H2,1-2H3,(H,21,22,25). The summed E-state index contributed by atoms with van der Waals surface area (Å²) in [5.41, 5.74) is -0.0117. The maximum atomic E-state index is 12.9. The number of carbonyl (C=O) groups excluding carboxylic acids is 1. The van der Waals surface area contributed by atoms with Crippen molar-refractivity contribution in [1.82, 2.24) is 19.6 Å². The summed E-state index contributed by atoms with van der Waals surface area (Å²) in [6.07, 6.45) is 4.82. The molecule has 0 aliphatic rings. The summed E-state index contributed by atoms with van der Waals surface area (Å²) >= 11 is 5.87. The number of carbonyl (C=O) groups is 1. The number of amides is 1. The number of nitrogens with one attached hydrogen (secondary N) is 1. The fourth-order valence-electron chi connectivity index (χ4n) is 2.27. The highest BCUT2D eigenvalue weighted by Gasteiger charge is 2.31. The van der Waals surface area contributed by atoms with Crippen LogP contribution >= 0.6 is 11.6 Å². The lowest BCUT2D eigenvalue weighted by atomic mass is 10.1. The Balaban J connectivity index is 1.68. The molecule has 2 aromatic heterocycles. The smallest absolute Gasteiger partial charge is 0.252 e. The minimum Gasteiger partial charge on any atom is -0.307 e. The van der Waals surface area contributed by atoms with Gasteiger partial charge in [0, 0.05) is 18.5 Å². The van der Waals surface area contributed by atoms with E-state index in [-0.39, 0.29) is 11.7 Å². The molecular weight excluding hydrogens is 345 g/mol. The van der Waals surface area contributed by atoms with E-state index < -0.39 is 5.54 Å². The third-order valence-corrected chi connectivity index (χ3v) is 4.01. The highest BCUT2D eigenvalue weighted by atomic mass is 35.5. The number of rotatable bonds is 5. The van der Waals surface area contributed by atoms with E-state index in [9.17, 15) is 9.18 Å². The van der Waals surface area contributed by atoms with Crippen molar-refractivity contribution < 1.29 is 9.18 Å². The van der Waals surface area contributed by atoms with E-state index >= 15 is 0 Å². The fourth-order valence-corrected chi connectivity index (χ4v) is 2.41. The van der Waals surface area contributed by atoms with Crippen molar-refractivity contribution in [2.24, 2.45) is 0 Å². The molecule has 1 aromatic carbocycles. The van der Waals surface area contributed by atoms with Crippen LogP contribution in [0.15, 0.2) is 48.9 Å². The molecule has 8 heteroatoms. The molecule has 0 unspecified atom stereocenters. The van der Waals surface area contributed by atoms with Crippen molar-refractivity contribution in [2.45, 2.75) is 25.9 Å².